The van der Waals surface area contributed by atoms with Crippen LogP contribution in [0.15, 0.2) is 42.5 Å². The van der Waals surface area contributed by atoms with Crippen molar-refractivity contribution >= 4 is 11.8 Å². The van der Waals surface area contributed by atoms with Gasteiger partial charge < -0.3 is 25.6 Å². The average Bonchev–Trinajstić information content (AvgIpc) is 2.63. The number of nitrogens with two attached hydrogens (primary N) is 1. The van der Waals surface area contributed by atoms with Gasteiger partial charge >= 0.3 is 0 Å². The van der Waals surface area contributed by atoms with Gasteiger partial charge in [0.25, 0.3) is 11.8 Å². The van der Waals surface area contributed by atoms with E-state index in [0.29, 0.717) is 5.56 Å². The molecule has 7 nitrogen and oxygen atoms in total. The molecule has 0 spiro atoms. The summed E-state index contributed by atoms with van der Waals surface area (Å²) in [4.78, 5) is 23.0. The summed E-state index contributed by atoms with van der Waals surface area (Å²) < 4.78 is 23.5. The molecule has 0 aliphatic rings. The maximum absolute atomic E-state index is 13.2. The number of aliphatic hydroxyl groups is 1. The van der Waals surface area contributed by atoms with E-state index < -0.39 is 23.7 Å². The third-order valence-electron chi connectivity index (χ3n) is 3.49. The summed E-state index contributed by atoms with van der Waals surface area (Å²) in [5, 5.41) is 12.6. The van der Waals surface area contributed by atoms with Gasteiger partial charge in [-0.15, -0.1) is 0 Å². The van der Waals surface area contributed by atoms with Crippen LogP contribution in [0.1, 0.15) is 22.0 Å². The molecule has 2 rings (SSSR count). The van der Waals surface area contributed by atoms with Crippen LogP contribution in [0.25, 0.3) is 0 Å². The Morgan fingerprint density at radius 3 is 2.65 bits per heavy atom. The smallest absolute Gasteiger partial charge is 0.255 e. The molecule has 0 aliphatic heterocycles. The van der Waals surface area contributed by atoms with Gasteiger partial charge in [-0.25, -0.2) is 4.39 Å². The molecular weight excluding hydrogens is 343 g/mol. The van der Waals surface area contributed by atoms with Crippen LogP contribution < -0.4 is 20.5 Å². The zero-order valence-corrected chi connectivity index (χ0v) is 14.1. The molecular formula is C18H19FN2O5. The lowest BCUT2D eigenvalue weighted by Crippen LogP contribution is -2.28. The van der Waals surface area contributed by atoms with E-state index in [1.165, 1.54) is 43.5 Å². The maximum Gasteiger partial charge on any atom is 0.255 e. The second-order valence-electron chi connectivity index (χ2n) is 5.40. The van der Waals surface area contributed by atoms with Gasteiger partial charge in [-0.3, -0.25) is 9.59 Å². The summed E-state index contributed by atoms with van der Waals surface area (Å²) in [5.41, 5.74) is 5.64. The van der Waals surface area contributed by atoms with Gasteiger partial charge in [0.05, 0.1) is 13.2 Å². The molecule has 0 saturated carbocycles. The molecule has 1 unspecified atom stereocenters. The van der Waals surface area contributed by atoms with Crippen LogP contribution in [0.5, 0.6) is 11.5 Å². The summed E-state index contributed by atoms with van der Waals surface area (Å²) in [6.45, 7) is -0.410. The Bertz CT molecular complexity index is 797. The minimum absolute atomic E-state index is 0.0927. The molecule has 0 radical (unpaired) electrons. The second-order valence-corrected chi connectivity index (χ2v) is 5.40. The molecule has 26 heavy (non-hydrogen) atoms. The Balaban J connectivity index is 2.01. The number of carbonyl (C=O) groups excluding carboxylic acids is 2. The topological polar surface area (TPSA) is 111 Å². The lowest BCUT2D eigenvalue weighted by Gasteiger charge is -2.14. The fourth-order valence-electron chi connectivity index (χ4n) is 2.20. The van der Waals surface area contributed by atoms with Crippen LogP contribution in [-0.4, -0.2) is 37.2 Å². The molecule has 2 aromatic rings. The fourth-order valence-corrected chi connectivity index (χ4v) is 2.20. The van der Waals surface area contributed by atoms with Crippen LogP contribution in [0, 0.1) is 5.82 Å². The number of carbonyl (C=O) groups is 2. The molecule has 8 heteroatoms. The van der Waals surface area contributed by atoms with Crippen molar-refractivity contribution in [2.24, 2.45) is 5.73 Å². The van der Waals surface area contributed by atoms with E-state index in [1.54, 1.807) is 6.07 Å². The van der Waals surface area contributed by atoms with Crippen molar-refractivity contribution in [2.45, 2.75) is 6.10 Å². The lowest BCUT2D eigenvalue weighted by molar-refractivity contribution is -0.119. The summed E-state index contributed by atoms with van der Waals surface area (Å²) in [7, 11) is 1.39. The lowest BCUT2D eigenvalue weighted by atomic mass is 10.1. The van der Waals surface area contributed by atoms with Crippen LogP contribution in [-0.2, 0) is 4.79 Å². The molecule has 0 heterocycles. The molecule has 0 fully saturated rings. The van der Waals surface area contributed by atoms with Gasteiger partial charge in [0.2, 0.25) is 0 Å². The van der Waals surface area contributed by atoms with Gasteiger partial charge in [-0.1, -0.05) is 12.1 Å². The van der Waals surface area contributed by atoms with E-state index in [4.69, 9.17) is 15.2 Å². The second kappa shape index (κ2) is 8.82. The number of hydrogen-bond acceptors (Lipinski definition) is 5. The number of ether oxygens (including phenoxy) is 2. The third kappa shape index (κ3) is 5.18. The Labute approximate surface area is 149 Å². The van der Waals surface area contributed by atoms with Crippen LogP contribution in [0.2, 0.25) is 0 Å². The molecule has 1 atom stereocenters. The van der Waals surface area contributed by atoms with E-state index in [1.807, 2.05) is 0 Å². The normalized spacial score (nSPS) is 11.5. The third-order valence-corrected chi connectivity index (χ3v) is 3.49. The van der Waals surface area contributed by atoms with E-state index in [9.17, 15) is 19.1 Å². The highest BCUT2D eigenvalue weighted by atomic mass is 19.1. The Morgan fingerprint density at radius 2 is 2.00 bits per heavy atom. The van der Waals surface area contributed by atoms with Crippen molar-refractivity contribution in [2.75, 3.05) is 20.3 Å². The number of amides is 2. The Kier molecular flexibility index (Phi) is 6.51. The molecule has 2 aromatic carbocycles. The maximum atomic E-state index is 13.2. The largest absolute Gasteiger partial charge is 0.493 e. The van der Waals surface area contributed by atoms with Crippen molar-refractivity contribution < 1.29 is 28.6 Å². The van der Waals surface area contributed by atoms with Crippen molar-refractivity contribution in [1.82, 2.24) is 5.32 Å². The molecule has 2 amide bonds. The van der Waals surface area contributed by atoms with E-state index in [0.717, 1.165) is 0 Å². The van der Waals surface area contributed by atoms with Gasteiger partial charge in [-0.05, 0) is 35.9 Å². The number of hydrogen-bond donors (Lipinski definition) is 3. The number of aliphatic hydroxyl groups excluding tert-OH is 1. The number of benzene rings is 2. The fraction of sp³-hybridized carbons (Fsp3) is 0.222. The first-order valence-electron chi connectivity index (χ1n) is 7.71. The predicted octanol–water partition coefficient (Wildman–Crippen LogP) is 1.16. The average molecular weight is 362 g/mol. The molecule has 0 bridgehead atoms. The molecule has 4 N–H and O–H groups in total. The SMILES string of the molecule is COc1cc(C(=O)NCC(O)c2cccc(F)c2)ccc1OCC(N)=O. The van der Waals surface area contributed by atoms with Crippen molar-refractivity contribution in [3.8, 4) is 11.5 Å². The molecule has 0 aromatic heterocycles. The highest BCUT2D eigenvalue weighted by molar-refractivity contribution is 5.94. The summed E-state index contributed by atoms with van der Waals surface area (Å²) in [6, 6.07) is 9.88. The quantitative estimate of drug-likeness (QED) is 0.653. The first kappa shape index (κ1) is 19.2. The van der Waals surface area contributed by atoms with Crippen LogP contribution in [0.3, 0.4) is 0 Å². The summed E-state index contributed by atoms with van der Waals surface area (Å²) >= 11 is 0. The number of nitrogens with one attached hydrogen (secondary N) is 1. The van der Waals surface area contributed by atoms with Gasteiger partial charge in [0, 0.05) is 12.1 Å². The highest BCUT2D eigenvalue weighted by Crippen LogP contribution is 2.28. The number of rotatable bonds is 8. The zero-order chi connectivity index (χ0) is 19.1. The Morgan fingerprint density at radius 1 is 1.23 bits per heavy atom. The minimum atomic E-state index is -1.05. The van der Waals surface area contributed by atoms with Gasteiger partial charge in [0.15, 0.2) is 18.1 Å². The molecule has 138 valence electrons. The monoisotopic (exact) mass is 362 g/mol. The number of methoxy groups -OCH3 is 1. The predicted molar refractivity (Wildman–Crippen MR) is 91.4 cm³/mol. The summed E-state index contributed by atoms with van der Waals surface area (Å²) in [6.07, 6.45) is -1.05. The standard InChI is InChI=1S/C18H19FN2O5/c1-25-16-8-12(5-6-15(16)26-10-17(20)23)18(24)21-9-14(22)11-3-2-4-13(19)7-11/h2-8,14,22H,9-10H2,1H3,(H2,20,23)(H,21,24). The molecule has 0 saturated heterocycles. The zero-order valence-electron chi connectivity index (χ0n) is 14.1. The van der Waals surface area contributed by atoms with Crippen molar-refractivity contribution in [3.05, 3.63) is 59.4 Å². The summed E-state index contributed by atoms with van der Waals surface area (Å²) in [5.74, 6) is -1.04. The minimum Gasteiger partial charge on any atom is -0.493 e. The van der Waals surface area contributed by atoms with Gasteiger partial charge in [0.1, 0.15) is 5.82 Å². The number of primary amides is 1. The van der Waals surface area contributed by atoms with Crippen LogP contribution >= 0.6 is 0 Å². The number of halogens is 1. The first-order valence-corrected chi connectivity index (χ1v) is 7.71. The van der Waals surface area contributed by atoms with E-state index >= 15 is 0 Å². The van der Waals surface area contributed by atoms with E-state index in [-0.39, 0.29) is 30.2 Å². The van der Waals surface area contributed by atoms with Crippen molar-refractivity contribution in [1.29, 1.82) is 0 Å². The molecule has 0 aliphatic carbocycles. The Hall–Kier alpha value is -3.13. The first-order chi connectivity index (χ1) is 12.4. The van der Waals surface area contributed by atoms with Crippen LogP contribution in [0.4, 0.5) is 4.39 Å². The van der Waals surface area contributed by atoms with E-state index in [2.05, 4.69) is 5.32 Å². The van der Waals surface area contributed by atoms with Gasteiger partial charge in [-0.2, -0.15) is 0 Å². The van der Waals surface area contributed by atoms with Crippen molar-refractivity contribution in [3.63, 3.8) is 0 Å². The highest BCUT2D eigenvalue weighted by Gasteiger charge is 2.14.